The maximum atomic E-state index is 13.4. The van der Waals surface area contributed by atoms with Crippen molar-refractivity contribution >= 4 is 29.2 Å². The van der Waals surface area contributed by atoms with Crippen LogP contribution >= 0.6 is 0 Å². The third-order valence-corrected chi connectivity index (χ3v) is 7.27. The van der Waals surface area contributed by atoms with Crippen LogP contribution in [0.1, 0.15) is 48.7 Å². The van der Waals surface area contributed by atoms with Crippen molar-refractivity contribution in [3.8, 4) is 0 Å². The van der Waals surface area contributed by atoms with Gasteiger partial charge in [-0.25, -0.2) is 29.3 Å². The summed E-state index contributed by atoms with van der Waals surface area (Å²) >= 11 is 0. The van der Waals surface area contributed by atoms with Gasteiger partial charge in [0, 0.05) is 0 Å². The Labute approximate surface area is 252 Å². The molecule has 222 valence electrons. The quantitative estimate of drug-likeness (QED) is 0.185. The topological polar surface area (TPSA) is 132 Å². The number of aryl methyl sites for hydroxylation is 2. The van der Waals surface area contributed by atoms with Crippen molar-refractivity contribution in [3.63, 3.8) is 0 Å². The summed E-state index contributed by atoms with van der Waals surface area (Å²) in [6.07, 6.45) is -2.96. The number of imidazole rings is 1. The Hall–Kier alpha value is -5.42. The van der Waals surface area contributed by atoms with Crippen LogP contribution in [0.15, 0.2) is 97.3 Å². The minimum absolute atomic E-state index is 0.286. The Balaban J connectivity index is 1.38. The number of esters is 3. The van der Waals surface area contributed by atoms with E-state index in [1.807, 2.05) is 13.8 Å². The van der Waals surface area contributed by atoms with Crippen LogP contribution in [0.2, 0.25) is 0 Å². The molecule has 0 N–H and O–H groups in total. The van der Waals surface area contributed by atoms with Gasteiger partial charge >= 0.3 is 17.9 Å². The summed E-state index contributed by atoms with van der Waals surface area (Å²) in [6, 6.07) is 25.3. The van der Waals surface area contributed by atoms with E-state index in [1.54, 1.807) is 95.6 Å². The Morgan fingerprint density at radius 3 is 1.77 bits per heavy atom. The van der Waals surface area contributed by atoms with E-state index < -0.39 is 42.4 Å². The monoisotopic (exact) mass is 592 g/mol. The maximum absolute atomic E-state index is 13.4. The number of carbonyl (C=O) groups excluding carboxylic acids is 3. The number of nitrogens with zero attached hydrogens (tertiary/aromatic N) is 4. The zero-order valence-electron chi connectivity index (χ0n) is 23.9. The lowest BCUT2D eigenvalue weighted by Crippen LogP contribution is -2.41. The van der Waals surface area contributed by atoms with E-state index in [2.05, 4.69) is 15.0 Å². The van der Waals surface area contributed by atoms with Gasteiger partial charge in [0.25, 0.3) is 0 Å². The number of benzene rings is 3. The van der Waals surface area contributed by atoms with E-state index in [0.717, 1.165) is 0 Å². The van der Waals surface area contributed by atoms with Crippen molar-refractivity contribution in [2.24, 2.45) is 0 Å². The highest BCUT2D eigenvalue weighted by Crippen LogP contribution is 2.36. The largest absolute Gasteiger partial charge is 0.459 e. The molecule has 44 heavy (non-hydrogen) atoms. The van der Waals surface area contributed by atoms with Crippen LogP contribution in [0.5, 0.6) is 0 Å². The van der Waals surface area contributed by atoms with Crippen molar-refractivity contribution in [3.05, 3.63) is 125 Å². The molecular weight excluding hydrogens is 564 g/mol. The predicted molar refractivity (Wildman–Crippen MR) is 157 cm³/mol. The van der Waals surface area contributed by atoms with Gasteiger partial charge in [-0.2, -0.15) is 0 Å². The summed E-state index contributed by atoms with van der Waals surface area (Å²) in [5, 5.41) is 0. The molecule has 3 aromatic carbocycles. The lowest BCUT2D eigenvalue weighted by molar-refractivity contribution is -0.0606. The third-order valence-electron chi connectivity index (χ3n) is 7.27. The molecule has 5 aromatic rings. The molecule has 0 amide bonds. The van der Waals surface area contributed by atoms with Gasteiger partial charge in [-0.3, -0.25) is 4.57 Å². The van der Waals surface area contributed by atoms with Crippen molar-refractivity contribution in [2.45, 2.75) is 38.4 Å². The number of hydrogen-bond acceptors (Lipinski definition) is 10. The fraction of sp³-hybridized carbons (Fsp3) is 0.212. The molecule has 0 spiro atoms. The van der Waals surface area contributed by atoms with Crippen LogP contribution in [0.3, 0.4) is 0 Å². The van der Waals surface area contributed by atoms with E-state index >= 15 is 0 Å². The Kier molecular flexibility index (Phi) is 8.11. The highest BCUT2D eigenvalue weighted by atomic mass is 16.7. The van der Waals surface area contributed by atoms with Gasteiger partial charge in [-0.05, 0) is 50.2 Å². The van der Waals surface area contributed by atoms with E-state index in [1.165, 1.54) is 6.33 Å². The second-order valence-electron chi connectivity index (χ2n) is 10.2. The molecule has 11 heteroatoms. The zero-order chi connectivity index (χ0) is 30.6. The number of fused-ring (bicyclic) bond motifs is 1. The van der Waals surface area contributed by atoms with Crippen LogP contribution in [-0.4, -0.2) is 62.3 Å². The lowest BCUT2D eigenvalue weighted by Gasteiger charge is -2.25. The second-order valence-corrected chi connectivity index (χ2v) is 10.2. The SMILES string of the molecule is Cc1nc2ncn(C3OC(COC(=O)c4ccccc4)C(OC(=O)c4ccccc4)C3OC(=O)c3ccccc3)c2nc1C. The van der Waals surface area contributed by atoms with Gasteiger partial charge in [-0.15, -0.1) is 0 Å². The molecule has 11 nitrogen and oxygen atoms in total. The summed E-state index contributed by atoms with van der Waals surface area (Å²) < 4.78 is 25.6. The number of hydrogen-bond donors (Lipinski definition) is 0. The fourth-order valence-electron chi connectivity index (χ4n) is 4.88. The predicted octanol–water partition coefficient (Wildman–Crippen LogP) is 4.65. The van der Waals surface area contributed by atoms with Crippen molar-refractivity contribution in [1.82, 2.24) is 19.5 Å². The van der Waals surface area contributed by atoms with Gasteiger partial charge in [0.15, 0.2) is 29.7 Å². The Morgan fingerprint density at radius 1 is 0.705 bits per heavy atom. The first kappa shape index (κ1) is 28.7. The molecule has 1 aliphatic heterocycles. The molecule has 0 bridgehead atoms. The van der Waals surface area contributed by atoms with Crippen LogP contribution in [-0.2, 0) is 18.9 Å². The normalized spacial score (nSPS) is 19.4. The minimum atomic E-state index is -1.18. The minimum Gasteiger partial charge on any atom is -0.459 e. The van der Waals surface area contributed by atoms with Gasteiger partial charge in [0.05, 0.1) is 28.1 Å². The standard InChI is InChI=1S/C33H28N4O7/c1-20-21(2)36-29-28(35-20)34-19-37(29)30-27(44-33(40)24-16-10-5-11-17-24)26(43-32(39)23-14-8-4-9-15-23)25(42-30)18-41-31(38)22-12-6-3-7-13-22/h3-17,19,25-27,30H,18H2,1-2H3. The molecular formula is C33H28N4O7. The molecule has 4 unspecified atom stereocenters. The van der Waals surface area contributed by atoms with Crippen molar-refractivity contribution in [2.75, 3.05) is 6.61 Å². The molecule has 1 aliphatic rings. The Morgan fingerprint density at radius 2 is 1.20 bits per heavy atom. The molecule has 4 atom stereocenters. The second kappa shape index (κ2) is 12.4. The lowest BCUT2D eigenvalue weighted by atomic mass is 10.1. The van der Waals surface area contributed by atoms with Gasteiger partial charge < -0.3 is 18.9 Å². The fourth-order valence-corrected chi connectivity index (χ4v) is 4.88. The number of rotatable bonds is 8. The van der Waals surface area contributed by atoms with Crippen molar-refractivity contribution < 1.29 is 33.3 Å². The molecule has 1 fully saturated rings. The third kappa shape index (κ3) is 5.90. The summed E-state index contributed by atoms with van der Waals surface area (Å²) in [6.45, 7) is 3.35. The van der Waals surface area contributed by atoms with Crippen molar-refractivity contribution in [1.29, 1.82) is 0 Å². The van der Waals surface area contributed by atoms with Crippen LogP contribution in [0.4, 0.5) is 0 Å². The van der Waals surface area contributed by atoms with Crippen LogP contribution < -0.4 is 0 Å². The van der Waals surface area contributed by atoms with Gasteiger partial charge in [0.2, 0.25) is 0 Å². The van der Waals surface area contributed by atoms with Gasteiger partial charge in [-0.1, -0.05) is 54.6 Å². The maximum Gasteiger partial charge on any atom is 0.338 e. The first-order valence-electron chi connectivity index (χ1n) is 14.0. The first-order valence-corrected chi connectivity index (χ1v) is 14.0. The first-order chi connectivity index (χ1) is 21.4. The number of ether oxygens (including phenoxy) is 4. The average molecular weight is 593 g/mol. The molecule has 2 aromatic heterocycles. The van der Waals surface area contributed by atoms with E-state index in [9.17, 15) is 14.4 Å². The smallest absolute Gasteiger partial charge is 0.338 e. The summed E-state index contributed by atoms with van der Waals surface area (Å²) in [5.74, 6) is -1.91. The van der Waals surface area contributed by atoms with E-state index in [4.69, 9.17) is 18.9 Å². The zero-order valence-corrected chi connectivity index (χ0v) is 23.9. The number of carbonyl (C=O) groups is 3. The average Bonchev–Trinajstić information content (AvgIpc) is 3.61. The highest BCUT2D eigenvalue weighted by molar-refractivity contribution is 5.91. The Bertz CT molecular complexity index is 1800. The molecule has 6 rings (SSSR count). The van der Waals surface area contributed by atoms with E-state index in [0.29, 0.717) is 33.8 Å². The van der Waals surface area contributed by atoms with E-state index in [-0.39, 0.29) is 12.2 Å². The molecule has 3 heterocycles. The van der Waals surface area contributed by atoms with Crippen LogP contribution in [0.25, 0.3) is 11.3 Å². The molecule has 1 saturated heterocycles. The molecule has 0 radical (unpaired) electrons. The summed E-state index contributed by atoms with van der Waals surface area (Å²) in [4.78, 5) is 53.1. The highest BCUT2D eigenvalue weighted by Gasteiger charge is 2.52. The summed E-state index contributed by atoms with van der Waals surface area (Å²) in [7, 11) is 0. The van der Waals surface area contributed by atoms with Crippen LogP contribution in [0, 0.1) is 13.8 Å². The summed E-state index contributed by atoms with van der Waals surface area (Å²) in [5.41, 5.74) is 3.05. The van der Waals surface area contributed by atoms with Gasteiger partial charge in [0.1, 0.15) is 19.0 Å². The molecule has 0 aliphatic carbocycles. The number of aromatic nitrogens is 4. The molecule has 0 saturated carbocycles.